The number of nitrogens with zero attached hydrogens (tertiary/aromatic N) is 1. The van der Waals surface area contributed by atoms with E-state index in [1.54, 1.807) is 0 Å². The number of thioether (sulfide) groups is 1. The van der Waals surface area contributed by atoms with E-state index >= 15 is 0 Å². The molecule has 0 N–H and O–H groups in total. The van der Waals surface area contributed by atoms with E-state index in [1.807, 2.05) is 0 Å². The normalized spacial score (nSPS) is 20.1. The van der Waals surface area contributed by atoms with Gasteiger partial charge < -0.3 is 4.90 Å². The van der Waals surface area contributed by atoms with Gasteiger partial charge in [0.05, 0.1) is 0 Å². The number of unbranched alkanes of at least 4 members (excludes halogenated alkanes) is 1. The van der Waals surface area contributed by atoms with E-state index < -0.39 is 0 Å². The molecule has 0 aliphatic carbocycles. The first-order chi connectivity index (χ1) is 6.83. The van der Waals surface area contributed by atoms with Crippen molar-refractivity contribution in [2.45, 2.75) is 39.5 Å². The zero-order chi connectivity index (χ0) is 10.2. The Bertz CT molecular complexity index is 130. The van der Waals surface area contributed by atoms with Crippen LogP contribution in [0.4, 0.5) is 0 Å². The Morgan fingerprint density at radius 2 is 1.93 bits per heavy atom. The van der Waals surface area contributed by atoms with Crippen LogP contribution in [0.2, 0.25) is 0 Å². The number of rotatable bonds is 6. The summed E-state index contributed by atoms with van der Waals surface area (Å²) >= 11 is 2.08. The molecule has 1 nitrogen and oxygen atoms in total. The van der Waals surface area contributed by atoms with Gasteiger partial charge in [0.2, 0.25) is 0 Å². The van der Waals surface area contributed by atoms with Crippen LogP contribution >= 0.6 is 11.8 Å². The van der Waals surface area contributed by atoms with Crippen LogP contribution in [0.25, 0.3) is 0 Å². The van der Waals surface area contributed by atoms with E-state index in [0.717, 1.165) is 5.92 Å². The van der Waals surface area contributed by atoms with Crippen LogP contribution < -0.4 is 0 Å². The lowest BCUT2D eigenvalue weighted by molar-refractivity contribution is 0.190. The Balaban J connectivity index is 1.91. The number of piperidine rings is 1. The summed E-state index contributed by atoms with van der Waals surface area (Å²) in [5.74, 6) is 3.61. The summed E-state index contributed by atoms with van der Waals surface area (Å²) in [7, 11) is 0. The van der Waals surface area contributed by atoms with E-state index in [4.69, 9.17) is 0 Å². The molecule has 14 heavy (non-hydrogen) atoms. The highest BCUT2D eigenvalue weighted by atomic mass is 32.2. The summed E-state index contributed by atoms with van der Waals surface area (Å²) in [6.45, 7) is 8.67. The van der Waals surface area contributed by atoms with Crippen molar-refractivity contribution in [1.82, 2.24) is 4.90 Å². The maximum Gasteiger partial charge on any atom is -0.00162 e. The molecule has 0 aromatic carbocycles. The van der Waals surface area contributed by atoms with Crippen molar-refractivity contribution < 1.29 is 0 Å². The molecule has 0 atom stereocenters. The Labute approximate surface area is 93.6 Å². The quantitative estimate of drug-likeness (QED) is 0.626. The predicted octanol–water partition coefficient (Wildman–Crippen LogP) is 3.25. The third-order valence-corrected chi connectivity index (χ3v) is 4.08. The minimum absolute atomic E-state index is 0.974. The third kappa shape index (κ3) is 5.26. The Morgan fingerprint density at radius 3 is 2.57 bits per heavy atom. The molecule has 0 aromatic heterocycles. The lowest BCUT2D eigenvalue weighted by Gasteiger charge is -2.30. The van der Waals surface area contributed by atoms with Gasteiger partial charge in [-0.15, -0.1) is 0 Å². The lowest BCUT2D eigenvalue weighted by Crippen LogP contribution is -2.33. The fourth-order valence-corrected chi connectivity index (χ4v) is 2.67. The van der Waals surface area contributed by atoms with Crippen LogP contribution in [0.5, 0.6) is 0 Å². The Morgan fingerprint density at radius 1 is 1.21 bits per heavy atom. The molecule has 1 aliphatic heterocycles. The Kier molecular flexibility index (Phi) is 6.70. The van der Waals surface area contributed by atoms with Gasteiger partial charge in [0, 0.05) is 0 Å². The molecule has 1 rings (SSSR count). The van der Waals surface area contributed by atoms with E-state index in [1.165, 1.54) is 56.8 Å². The monoisotopic (exact) mass is 215 g/mol. The van der Waals surface area contributed by atoms with Crippen LogP contribution in [0.15, 0.2) is 0 Å². The van der Waals surface area contributed by atoms with Gasteiger partial charge in [-0.05, 0) is 62.7 Å². The molecule has 1 saturated heterocycles. The van der Waals surface area contributed by atoms with E-state index in [0.29, 0.717) is 0 Å². The standard InChI is InChI=1S/C12H25NS/c1-3-14-11-5-4-8-13-9-6-12(2)7-10-13/h12H,3-11H2,1-2H3. The molecule has 0 saturated carbocycles. The average Bonchev–Trinajstić information content (AvgIpc) is 2.21. The third-order valence-electron chi connectivity index (χ3n) is 3.09. The first kappa shape index (κ1) is 12.4. The molecule has 0 unspecified atom stereocenters. The summed E-state index contributed by atoms with van der Waals surface area (Å²) in [5.41, 5.74) is 0. The summed E-state index contributed by atoms with van der Waals surface area (Å²) in [6, 6.07) is 0. The molecule has 0 radical (unpaired) electrons. The minimum Gasteiger partial charge on any atom is -0.303 e. The van der Waals surface area contributed by atoms with E-state index in [2.05, 4.69) is 30.5 Å². The highest BCUT2D eigenvalue weighted by Gasteiger charge is 2.14. The van der Waals surface area contributed by atoms with Gasteiger partial charge in [0.25, 0.3) is 0 Å². The summed E-state index contributed by atoms with van der Waals surface area (Å²) in [4.78, 5) is 2.65. The van der Waals surface area contributed by atoms with Gasteiger partial charge >= 0.3 is 0 Å². The van der Waals surface area contributed by atoms with Gasteiger partial charge in [0.15, 0.2) is 0 Å². The number of hydrogen-bond donors (Lipinski definition) is 0. The van der Waals surface area contributed by atoms with Crippen LogP contribution in [-0.4, -0.2) is 36.0 Å². The molecule has 0 spiro atoms. The van der Waals surface area contributed by atoms with Crippen LogP contribution in [0.1, 0.15) is 39.5 Å². The van der Waals surface area contributed by atoms with Crippen LogP contribution in [-0.2, 0) is 0 Å². The second-order valence-corrected chi connectivity index (χ2v) is 5.82. The fraction of sp³-hybridized carbons (Fsp3) is 1.00. The smallest absolute Gasteiger partial charge is 0.00162 e. The molecule has 1 heterocycles. The molecule has 1 fully saturated rings. The zero-order valence-corrected chi connectivity index (χ0v) is 10.6. The average molecular weight is 215 g/mol. The van der Waals surface area contributed by atoms with E-state index in [-0.39, 0.29) is 0 Å². The van der Waals surface area contributed by atoms with Gasteiger partial charge in [-0.2, -0.15) is 11.8 Å². The topological polar surface area (TPSA) is 3.24 Å². The number of hydrogen-bond acceptors (Lipinski definition) is 2. The minimum atomic E-state index is 0.974. The highest BCUT2D eigenvalue weighted by molar-refractivity contribution is 7.99. The summed E-state index contributed by atoms with van der Waals surface area (Å²) in [6.07, 6.45) is 5.65. The fourth-order valence-electron chi connectivity index (χ4n) is 1.97. The first-order valence-corrected chi connectivity index (χ1v) is 7.28. The van der Waals surface area contributed by atoms with Crippen molar-refractivity contribution in [3.05, 3.63) is 0 Å². The molecular formula is C12H25NS. The zero-order valence-electron chi connectivity index (χ0n) is 9.80. The van der Waals surface area contributed by atoms with Gasteiger partial charge in [-0.25, -0.2) is 0 Å². The van der Waals surface area contributed by atoms with Gasteiger partial charge in [-0.3, -0.25) is 0 Å². The highest BCUT2D eigenvalue weighted by Crippen LogP contribution is 2.16. The van der Waals surface area contributed by atoms with Crippen LogP contribution in [0.3, 0.4) is 0 Å². The van der Waals surface area contributed by atoms with E-state index in [9.17, 15) is 0 Å². The molecule has 1 aliphatic rings. The SMILES string of the molecule is CCSCCCCN1CCC(C)CC1. The van der Waals surface area contributed by atoms with Gasteiger partial charge in [0.1, 0.15) is 0 Å². The van der Waals surface area contributed by atoms with Crippen LogP contribution in [0, 0.1) is 5.92 Å². The van der Waals surface area contributed by atoms with Crippen molar-refractivity contribution in [3.8, 4) is 0 Å². The largest absolute Gasteiger partial charge is 0.303 e. The molecule has 84 valence electrons. The molecule has 2 heteroatoms. The molecule has 0 amide bonds. The van der Waals surface area contributed by atoms with Crippen molar-refractivity contribution >= 4 is 11.8 Å². The maximum absolute atomic E-state index is 2.65. The number of likely N-dealkylation sites (tertiary alicyclic amines) is 1. The van der Waals surface area contributed by atoms with Gasteiger partial charge in [-0.1, -0.05) is 13.8 Å². The Hall–Kier alpha value is 0.310. The molecular weight excluding hydrogens is 190 g/mol. The molecule has 0 bridgehead atoms. The van der Waals surface area contributed by atoms with Crippen molar-refractivity contribution in [2.75, 3.05) is 31.1 Å². The van der Waals surface area contributed by atoms with Crippen molar-refractivity contribution in [2.24, 2.45) is 5.92 Å². The second kappa shape index (κ2) is 7.58. The van der Waals surface area contributed by atoms with Crippen molar-refractivity contribution in [1.29, 1.82) is 0 Å². The predicted molar refractivity (Wildman–Crippen MR) is 67.1 cm³/mol. The summed E-state index contributed by atoms with van der Waals surface area (Å²) < 4.78 is 0. The van der Waals surface area contributed by atoms with Crippen molar-refractivity contribution in [3.63, 3.8) is 0 Å². The summed E-state index contributed by atoms with van der Waals surface area (Å²) in [5, 5.41) is 0. The maximum atomic E-state index is 2.65. The lowest BCUT2D eigenvalue weighted by atomic mass is 9.99. The molecule has 0 aromatic rings. The second-order valence-electron chi connectivity index (χ2n) is 4.43. The first-order valence-electron chi connectivity index (χ1n) is 6.13.